The van der Waals surface area contributed by atoms with Gasteiger partial charge in [-0.25, -0.2) is 0 Å². The van der Waals surface area contributed by atoms with Crippen LogP contribution < -0.4 is 15.8 Å². The zero-order chi connectivity index (χ0) is 18.9. The summed E-state index contributed by atoms with van der Waals surface area (Å²) in [4.78, 5) is 6.77. The van der Waals surface area contributed by atoms with Crippen LogP contribution in [0.4, 0.5) is 0 Å². The molecular formula is C20H27BrN4O2. The molecule has 0 bridgehead atoms. The van der Waals surface area contributed by atoms with Crippen molar-refractivity contribution in [2.24, 2.45) is 10.7 Å². The Morgan fingerprint density at radius 3 is 2.81 bits per heavy atom. The van der Waals surface area contributed by atoms with Gasteiger partial charge in [-0.15, -0.1) is 0 Å². The molecule has 1 fully saturated rings. The van der Waals surface area contributed by atoms with Crippen molar-refractivity contribution in [3.8, 4) is 5.75 Å². The van der Waals surface area contributed by atoms with E-state index in [1.165, 1.54) is 5.39 Å². The fourth-order valence-electron chi connectivity index (χ4n) is 3.01. The lowest BCUT2D eigenvalue weighted by Crippen LogP contribution is -2.37. The summed E-state index contributed by atoms with van der Waals surface area (Å²) in [5, 5.41) is 5.44. The summed E-state index contributed by atoms with van der Waals surface area (Å²) >= 11 is 3.49. The Hall–Kier alpha value is -1.83. The minimum atomic E-state index is 0.476. The van der Waals surface area contributed by atoms with Crippen molar-refractivity contribution < 1.29 is 9.47 Å². The van der Waals surface area contributed by atoms with E-state index in [-0.39, 0.29) is 0 Å². The largest absolute Gasteiger partial charge is 0.492 e. The molecule has 0 atom stereocenters. The molecule has 146 valence electrons. The van der Waals surface area contributed by atoms with Gasteiger partial charge in [-0.3, -0.25) is 9.89 Å². The van der Waals surface area contributed by atoms with E-state index in [0.717, 1.165) is 61.4 Å². The molecule has 27 heavy (non-hydrogen) atoms. The van der Waals surface area contributed by atoms with Crippen LogP contribution in [-0.4, -0.2) is 63.4 Å². The van der Waals surface area contributed by atoms with Gasteiger partial charge < -0.3 is 20.5 Å². The predicted octanol–water partition coefficient (Wildman–Crippen LogP) is 2.61. The molecule has 1 aliphatic rings. The second kappa shape index (κ2) is 10.5. The molecule has 2 aromatic carbocycles. The van der Waals surface area contributed by atoms with Crippen LogP contribution in [0.15, 0.2) is 45.9 Å². The summed E-state index contributed by atoms with van der Waals surface area (Å²) in [6, 6.07) is 12.3. The number of fused-ring (bicyclic) bond motifs is 1. The second-order valence-electron chi connectivity index (χ2n) is 6.50. The Morgan fingerprint density at radius 1 is 1.19 bits per heavy atom. The summed E-state index contributed by atoms with van der Waals surface area (Å²) in [6.07, 6.45) is 1.01. The first-order chi connectivity index (χ1) is 13.2. The summed E-state index contributed by atoms with van der Waals surface area (Å²) in [5.41, 5.74) is 5.91. The van der Waals surface area contributed by atoms with Crippen LogP contribution >= 0.6 is 15.9 Å². The van der Waals surface area contributed by atoms with Crippen LogP contribution in [0.25, 0.3) is 10.8 Å². The Bertz CT molecular complexity index is 763. The van der Waals surface area contributed by atoms with E-state index in [4.69, 9.17) is 15.2 Å². The Labute approximate surface area is 168 Å². The average molecular weight is 435 g/mol. The van der Waals surface area contributed by atoms with Crippen LogP contribution in [0, 0.1) is 0 Å². The van der Waals surface area contributed by atoms with Gasteiger partial charge in [0.15, 0.2) is 5.96 Å². The lowest BCUT2D eigenvalue weighted by atomic mass is 10.1. The number of aliphatic imine (C=N–C) groups is 1. The van der Waals surface area contributed by atoms with E-state index in [9.17, 15) is 0 Å². The molecule has 0 amide bonds. The van der Waals surface area contributed by atoms with Crippen molar-refractivity contribution >= 4 is 32.7 Å². The third-order valence-corrected chi connectivity index (χ3v) is 4.96. The quantitative estimate of drug-likeness (QED) is 0.379. The number of guanidine groups is 1. The van der Waals surface area contributed by atoms with Crippen LogP contribution in [0.3, 0.4) is 0 Å². The molecule has 0 aromatic heterocycles. The van der Waals surface area contributed by atoms with Gasteiger partial charge in [-0.2, -0.15) is 0 Å². The van der Waals surface area contributed by atoms with Gasteiger partial charge in [-0.1, -0.05) is 28.1 Å². The van der Waals surface area contributed by atoms with Crippen LogP contribution in [-0.2, 0) is 4.74 Å². The minimum absolute atomic E-state index is 0.476. The summed E-state index contributed by atoms with van der Waals surface area (Å²) in [7, 11) is 0. The van der Waals surface area contributed by atoms with Gasteiger partial charge in [0, 0.05) is 30.7 Å². The highest BCUT2D eigenvalue weighted by Crippen LogP contribution is 2.23. The normalized spacial score (nSPS) is 15.8. The maximum atomic E-state index is 5.91. The third kappa shape index (κ3) is 6.68. The molecule has 0 aliphatic carbocycles. The summed E-state index contributed by atoms with van der Waals surface area (Å²) < 4.78 is 12.2. The molecule has 2 aromatic rings. The van der Waals surface area contributed by atoms with E-state index in [2.05, 4.69) is 49.3 Å². The van der Waals surface area contributed by atoms with Crippen molar-refractivity contribution in [2.75, 3.05) is 52.5 Å². The average Bonchev–Trinajstić information content (AvgIpc) is 2.69. The number of hydrogen-bond acceptors (Lipinski definition) is 4. The van der Waals surface area contributed by atoms with Gasteiger partial charge >= 0.3 is 0 Å². The Morgan fingerprint density at radius 2 is 1.96 bits per heavy atom. The molecule has 0 radical (unpaired) electrons. The van der Waals surface area contributed by atoms with E-state index < -0.39 is 0 Å². The Kier molecular flexibility index (Phi) is 7.74. The standard InChI is InChI=1S/C20H27BrN4O2/c21-18-4-2-17-15-19(5-3-16(17)14-18)27-11-7-24-20(22)23-6-1-8-25-9-12-26-13-10-25/h2-5,14-15H,1,6-13H2,(H3,22,23,24). The van der Waals surface area contributed by atoms with Crippen molar-refractivity contribution in [1.82, 2.24) is 10.2 Å². The van der Waals surface area contributed by atoms with Crippen LogP contribution in [0.5, 0.6) is 5.75 Å². The van der Waals surface area contributed by atoms with Crippen LogP contribution in [0.2, 0.25) is 0 Å². The molecule has 3 rings (SSSR count). The molecule has 1 heterocycles. The number of halogens is 1. The van der Waals surface area contributed by atoms with E-state index in [0.29, 0.717) is 19.1 Å². The fourth-order valence-corrected chi connectivity index (χ4v) is 3.39. The maximum absolute atomic E-state index is 5.91. The zero-order valence-electron chi connectivity index (χ0n) is 15.5. The highest BCUT2D eigenvalue weighted by Gasteiger charge is 2.08. The summed E-state index contributed by atoms with van der Waals surface area (Å²) in [5.74, 6) is 1.33. The lowest BCUT2D eigenvalue weighted by molar-refractivity contribution is 0.0377. The van der Waals surface area contributed by atoms with Crippen molar-refractivity contribution in [2.45, 2.75) is 6.42 Å². The van der Waals surface area contributed by atoms with Gasteiger partial charge in [0.2, 0.25) is 0 Å². The fraction of sp³-hybridized carbons (Fsp3) is 0.450. The maximum Gasteiger partial charge on any atom is 0.188 e. The number of nitrogens with zero attached hydrogens (tertiary/aromatic N) is 2. The van der Waals surface area contributed by atoms with Gasteiger partial charge in [-0.05, 0) is 41.5 Å². The lowest BCUT2D eigenvalue weighted by Gasteiger charge is -2.26. The van der Waals surface area contributed by atoms with Crippen molar-refractivity contribution in [3.63, 3.8) is 0 Å². The molecule has 1 saturated heterocycles. The number of nitrogens with two attached hydrogens (primary N) is 1. The molecular weight excluding hydrogens is 408 g/mol. The molecule has 7 heteroatoms. The second-order valence-corrected chi connectivity index (χ2v) is 7.42. The molecule has 0 unspecified atom stereocenters. The zero-order valence-corrected chi connectivity index (χ0v) is 17.1. The number of benzene rings is 2. The van der Waals surface area contributed by atoms with Gasteiger partial charge in [0.05, 0.1) is 19.8 Å². The molecule has 0 saturated carbocycles. The SMILES string of the molecule is NC(=NCCCN1CCOCC1)NCCOc1ccc2cc(Br)ccc2c1. The number of morpholine rings is 1. The minimum Gasteiger partial charge on any atom is -0.492 e. The number of nitrogens with one attached hydrogen (secondary N) is 1. The summed E-state index contributed by atoms with van der Waals surface area (Å²) in [6.45, 7) is 6.63. The van der Waals surface area contributed by atoms with E-state index >= 15 is 0 Å². The first-order valence-corrected chi connectivity index (χ1v) is 10.2. The first-order valence-electron chi connectivity index (χ1n) is 9.37. The Balaban J connectivity index is 1.32. The van der Waals surface area contributed by atoms with Crippen molar-refractivity contribution in [3.05, 3.63) is 40.9 Å². The molecule has 6 nitrogen and oxygen atoms in total. The smallest absolute Gasteiger partial charge is 0.188 e. The molecule has 1 aliphatic heterocycles. The van der Waals surface area contributed by atoms with E-state index in [1.54, 1.807) is 0 Å². The van der Waals surface area contributed by atoms with Crippen LogP contribution in [0.1, 0.15) is 6.42 Å². The highest BCUT2D eigenvalue weighted by molar-refractivity contribution is 9.10. The van der Waals surface area contributed by atoms with E-state index in [1.807, 2.05) is 18.2 Å². The number of ether oxygens (including phenoxy) is 2. The number of hydrogen-bond donors (Lipinski definition) is 2. The van der Waals surface area contributed by atoms with Crippen molar-refractivity contribution in [1.29, 1.82) is 0 Å². The molecule has 3 N–H and O–H groups in total. The monoisotopic (exact) mass is 434 g/mol. The topological polar surface area (TPSA) is 72.1 Å². The van der Waals surface area contributed by atoms with Gasteiger partial charge in [0.1, 0.15) is 12.4 Å². The van der Waals surface area contributed by atoms with Gasteiger partial charge in [0.25, 0.3) is 0 Å². The molecule has 0 spiro atoms. The first kappa shape index (κ1) is 19.9. The number of rotatable bonds is 8. The predicted molar refractivity (Wildman–Crippen MR) is 114 cm³/mol. The highest BCUT2D eigenvalue weighted by atomic mass is 79.9. The third-order valence-electron chi connectivity index (χ3n) is 4.47.